The van der Waals surface area contributed by atoms with Crippen molar-refractivity contribution in [2.24, 2.45) is 0 Å². The smallest absolute Gasteiger partial charge is 0.744 e. The van der Waals surface area contributed by atoms with Crippen molar-refractivity contribution in [3.05, 3.63) is 59.7 Å². The van der Waals surface area contributed by atoms with Crippen molar-refractivity contribution in [2.45, 2.75) is 165 Å². The van der Waals surface area contributed by atoms with Crippen LogP contribution in [0.1, 0.15) is 153 Å². The summed E-state index contributed by atoms with van der Waals surface area (Å²) in [6.07, 6.45) is 26.3. The Morgan fingerprint density at radius 2 is 0.667 bits per heavy atom. The van der Waals surface area contributed by atoms with Gasteiger partial charge < -0.3 is 9.11 Å². The van der Waals surface area contributed by atoms with Crippen LogP contribution in [0.5, 0.6) is 0 Å². The minimum absolute atomic E-state index is 0. The van der Waals surface area contributed by atoms with Crippen LogP contribution >= 0.6 is 0 Å². The molecular weight excluding hydrogens is 658 g/mol. The molecule has 0 saturated carbocycles. The van der Waals surface area contributed by atoms with E-state index in [1.54, 1.807) is 36.4 Å². The number of rotatable bonds is 24. The van der Waals surface area contributed by atoms with E-state index in [4.69, 9.17) is 0 Å². The zero-order valence-corrected chi connectivity index (χ0v) is 32.7. The van der Waals surface area contributed by atoms with Crippen molar-refractivity contribution in [3.8, 4) is 0 Å². The zero-order chi connectivity index (χ0) is 32.5. The first-order chi connectivity index (χ1) is 21.1. The molecule has 9 heteroatoms. The summed E-state index contributed by atoms with van der Waals surface area (Å²) < 4.78 is 67.1. The molecule has 2 rings (SSSR count). The summed E-state index contributed by atoms with van der Waals surface area (Å²) in [5, 5.41) is 0. The van der Waals surface area contributed by atoms with Gasteiger partial charge in [0.15, 0.2) is 0 Å². The molecule has 0 heterocycles. The van der Waals surface area contributed by atoms with Crippen molar-refractivity contribution in [1.29, 1.82) is 0 Å². The first-order valence-electron chi connectivity index (χ1n) is 17.2. The van der Waals surface area contributed by atoms with E-state index in [0.717, 1.165) is 25.7 Å². The number of hydrogen-bond acceptors (Lipinski definition) is 6. The van der Waals surface area contributed by atoms with Gasteiger partial charge in [-0.3, -0.25) is 0 Å². The molecule has 0 radical (unpaired) electrons. The predicted molar refractivity (Wildman–Crippen MR) is 180 cm³/mol. The van der Waals surface area contributed by atoms with Gasteiger partial charge in [0.1, 0.15) is 20.2 Å². The molecular formula is C36H58O6S2Zn. The van der Waals surface area contributed by atoms with Gasteiger partial charge in [-0.15, -0.1) is 0 Å². The maximum absolute atomic E-state index is 11.2. The Morgan fingerprint density at radius 3 is 0.933 bits per heavy atom. The molecule has 0 aliphatic rings. The zero-order valence-electron chi connectivity index (χ0n) is 28.1. The van der Waals surface area contributed by atoms with Gasteiger partial charge in [-0.1, -0.05) is 166 Å². The molecule has 252 valence electrons. The fourth-order valence-electron chi connectivity index (χ4n) is 5.51. The molecule has 0 unspecified atom stereocenters. The van der Waals surface area contributed by atoms with Crippen molar-refractivity contribution in [3.63, 3.8) is 0 Å². The second-order valence-electron chi connectivity index (χ2n) is 12.0. The fourth-order valence-corrected chi connectivity index (χ4v) is 6.99. The molecule has 0 aliphatic carbocycles. The summed E-state index contributed by atoms with van der Waals surface area (Å²) in [5.74, 6) is 0. The largest absolute Gasteiger partial charge is 2.00 e. The molecule has 0 aromatic heterocycles. The molecule has 0 atom stereocenters. The van der Waals surface area contributed by atoms with E-state index in [2.05, 4.69) is 13.8 Å². The van der Waals surface area contributed by atoms with Crippen LogP contribution in [0.2, 0.25) is 0 Å². The number of benzene rings is 2. The number of aryl methyl sites for hydroxylation is 2. The van der Waals surface area contributed by atoms with E-state index in [1.165, 1.54) is 115 Å². The molecule has 45 heavy (non-hydrogen) atoms. The van der Waals surface area contributed by atoms with Crippen LogP contribution in [0.4, 0.5) is 0 Å². The second-order valence-corrected chi connectivity index (χ2v) is 14.7. The Morgan fingerprint density at radius 1 is 0.422 bits per heavy atom. The van der Waals surface area contributed by atoms with E-state index in [-0.39, 0.29) is 29.3 Å². The quantitative estimate of drug-likeness (QED) is 0.0607. The van der Waals surface area contributed by atoms with Crippen LogP contribution in [0.3, 0.4) is 0 Å². The van der Waals surface area contributed by atoms with Crippen LogP contribution in [-0.2, 0) is 52.6 Å². The predicted octanol–water partition coefficient (Wildman–Crippen LogP) is 10.1. The summed E-state index contributed by atoms with van der Waals surface area (Å²) in [6.45, 7) is 4.46. The molecule has 0 saturated heterocycles. The van der Waals surface area contributed by atoms with Gasteiger partial charge in [0.25, 0.3) is 0 Å². The van der Waals surface area contributed by atoms with Gasteiger partial charge >= 0.3 is 19.5 Å². The van der Waals surface area contributed by atoms with Crippen LogP contribution in [-0.4, -0.2) is 25.9 Å². The second kappa shape index (κ2) is 26.9. The van der Waals surface area contributed by atoms with Gasteiger partial charge in [-0.25, -0.2) is 16.8 Å². The van der Waals surface area contributed by atoms with Gasteiger partial charge in [0.05, 0.1) is 9.79 Å². The Labute approximate surface area is 288 Å². The number of unbranched alkanes of at least 4 members (excludes halogenated alkanes) is 18. The molecule has 2 aromatic carbocycles. The van der Waals surface area contributed by atoms with Gasteiger partial charge in [-0.2, -0.15) is 0 Å². The molecule has 2 aromatic rings. The van der Waals surface area contributed by atoms with Crippen molar-refractivity contribution < 1.29 is 45.4 Å². The van der Waals surface area contributed by atoms with E-state index in [1.807, 2.05) is 0 Å². The standard InChI is InChI=1S/2C18H30O3S.Zn/c2*1-2-3-4-5-6-7-8-9-10-11-14-17-15-12-13-16-18(17)22(19,20)21;/h2*12-13,15-16H,2-11,14H2,1H3,(H,19,20,21);/q;;+2/p-2. The van der Waals surface area contributed by atoms with Gasteiger partial charge in [-0.05, 0) is 48.9 Å². The van der Waals surface area contributed by atoms with Gasteiger partial charge in [0, 0.05) is 0 Å². The Hall–Kier alpha value is -1.12. The Bertz CT molecular complexity index is 1120. The van der Waals surface area contributed by atoms with Crippen molar-refractivity contribution in [1.82, 2.24) is 0 Å². The van der Waals surface area contributed by atoms with Crippen molar-refractivity contribution >= 4 is 20.2 Å². The van der Waals surface area contributed by atoms with Crippen molar-refractivity contribution in [2.75, 3.05) is 0 Å². The van der Waals surface area contributed by atoms with Crippen LogP contribution in [0.25, 0.3) is 0 Å². The van der Waals surface area contributed by atoms with E-state index in [0.29, 0.717) is 24.0 Å². The average molecular weight is 716 g/mol. The summed E-state index contributed by atoms with van der Waals surface area (Å²) in [4.78, 5) is -0.100. The van der Waals surface area contributed by atoms with E-state index in [9.17, 15) is 25.9 Å². The molecule has 0 bridgehead atoms. The third kappa shape index (κ3) is 22.2. The monoisotopic (exact) mass is 714 g/mol. The van der Waals surface area contributed by atoms with Crippen LogP contribution in [0.15, 0.2) is 58.3 Å². The van der Waals surface area contributed by atoms with E-state index >= 15 is 0 Å². The Balaban J connectivity index is 0.000000842. The SMILES string of the molecule is CCCCCCCCCCCCc1ccccc1S(=O)(=O)[O-].CCCCCCCCCCCCc1ccccc1S(=O)(=O)[O-].[Zn+2]. The maximum Gasteiger partial charge on any atom is 2.00 e. The summed E-state index contributed by atoms with van der Waals surface area (Å²) >= 11 is 0. The average Bonchev–Trinajstić information content (AvgIpc) is 2.99. The Kier molecular flexibility index (Phi) is 26.2. The normalized spacial score (nSPS) is 11.5. The molecule has 6 nitrogen and oxygen atoms in total. The minimum atomic E-state index is -4.35. The topological polar surface area (TPSA) is 114 Å². The maximum atomic E-state index is 11.2. The first-order valence-corrected chi connectivity index (χ1v) is 20.0. The van der Waals surface area contributed by atoms with Crippen LogP contribution < -0.4 is 0 Å². The third-order valence-corrected chi connectivity index (χ3v) is 9.96. The summed E-state index contributed by atoms with van der Waals surface area (Å²) in [5.41, 5.74) is 1.33. The minimum Gasteiger partial charge on any atom is -0.744 e. The molecule has 0 fully saturated rings. The first kappa shape index (κ1) is 43.9. The number of hydrogen-bond donors (Lipinski definition) is 0. The van der Waals surface area contributed by atoms with E-state index < -0.39 is 20.2 Å². The van der Waals surface area contributed by atoms with Gasteiger partial charge in [0.2, 0.25) is 0 Å². The third-order valence-electron chi connectivity index (χ3n) is 8.08. The molecule has 0 aliphatic heterocycles. The molecule has 0 spiro atoms. The van der Waals surface area contributed by atoms with Crippen LogP contribution in [0, 0.1) is 0 Å². The fraction of sp³-hybridized carbons (Fsp3) is 0.667. The molecule has 0 amide bonds. The summed E-state index contributed by atoms with van der Waals surface area (Å²) in [6, 6.07) is 13.1. The molecule has 0 N–H and O–H groups in total. The summed E-state index contributed by atoms with van der Waals surface area (Å²) in [7, 11) is -8.69.